The van der Waals surface area contributed by atoms with E-state index in [1.807, 2.05) is 6.07 Å². The summed E-state index contributed by atoms with van der Waals surface area (Å²) in [6.07, 6.45) is 0.742. The van der Waals surface area contributed by atoms with Crippen molar-refractivity contribution in [3.63, 3.8) is 0 Å². The first kappa shape index (κ1) is 13.4. The van der Waals surface area contributed by atoms with Gasteiger partial charge in [0.1, 0.15) is 0 Å². The van der Waals surface area contributed by atoms with Gasteiger partial charge in [0.05, 0.1) is 0 Å². The number of hydrogen-bond acceptors (Lipinski definition) is 2. The van der Waals surface area contributed by atoms with Crippen LogP contribution in [0.3, 0.4) is 0 Å². The quantitative estimate of drug-likeness (QED) is 0.844. The topological polar surface area (TPSA) is 29.1 Å². The lowest BCUT2D eigenvalue weighted by Gasteiger charge is -2.19. The van der Waals surface area contributed by atoms with Gasteiger partial charge in [-0.3, -0.25) is 4.79 Å². The number of benzene rings is 1. The van der Waals surface area contributed by atoms with Crippen LogP contribution in [0.2, 0.25) is 0 Å². The van der Waals surface area contributed by atoms with E-state index in [1.54, 1.807) is 0 Å². The second kappa shape index (κ2) is 4.47. The number of fused-ring (bicyclic) bond motifs is 1. The summed E-state index contributed by atoms with van der Waals surface area (Å²) in [6, 6.07) is 10.6. The van der Waals surface area contributed by atoms with Crippen LogP contribution in [-0.4, -0.2) is 5.78 Å². The number of ketones is 1. The molecule has 2 aliphatic carbocycles. The van der Waals surface area contributed by atoms with Gasteiger partial charge in [-0.2, -0.15) is 0 Å². The van der Waals surface area contributed by atoms with Crippen LogP contribution >= 0.6 is 0 Å². The Labute approximate surface area is 121 Å². The molecule has 106 valence electrons. The molecular weight excluding hydrogens is 246 g/mol. The molecule has 0 heterocycles. The fraction of sp³-hybridized carbons (Fsp3) is 0.500. The summed E-state index contributed by atoms with van der Waals surface area (Å²) in [5.41, 5.74) is 3.71. The monoisotopic (exact) mass is 269 g/mol. The molecule has 0 amide bonds. The Morgan fingerprint density at radius 3 is 2.55 bits per heavy atom. The molecule has 0 unspecified atom stereocenters. The number of hydrogen-bond donors (Lipinski definition) is 1. The second-order valence-corrected chi connectivity index (χ2v) is 6.85. The van der Waals surface area contributed by atoms with Gasteiger partial charge in [0.2, 0.25) is 0 Å². The van der Waals surface area contributed by atoms with Crippen LogP contribution in [-0.2, 0) is 4.79 Å². The van der Waals surface area contributed by atoms with E-state index in [0.717, 1.165) is 17.7 Å². The zero-order valence-corrected chi connectivity index (χ0v) is 12.7. The highest BCUT2D eigenvalue weighted by atomic mass is 16.1. The molecule has 0 bridgehead atoms. The van der Waals surface area contributed by atoms with E-state index in [4.69, 9.17) is 0 Å². The number of carbonyl (C=O) groups excluding carboxylic acids is 1. The van der Waals surface area contributed by atoms with Gasteiger partial charge in [-0.05, 0) is 36.7 Å². The minimum atomic E-state index is 0.234. The molecule has 1 aromatic carbocycles. The van der Waals surface area contributed by atoms with Crippen molar-refractivity contribution in [1.82, 2.24) is 5.32 Å². The van der Waals surface area contributed by atoms with Crippen molar-refractivity contribution in [2.75, 3.05) is 0 Å². The molecule has 3 rings (SSSR count). The molecule has 2 saturated carbocycles. The third-order valence-electron chi connectivity index (χ3n) is 5.20. The van der Waals surface area contributed by atoms with Gasteiger partial charge in [-0.15, -0.1) is 0 Å². The normalized spacial score (nSPS) is 30.7. The number of allylic oxidation sites excluding steroid dienone is 2. The smallest absolute Gasteiger partial charge is 0.161 e. The van der Waals surface area contributed by atoms with Crippen molar-refractivity contribution < 1.29 is 4.79 Å². The molecule has 0 radical (unpaired) electrons. The SMILES string of the molecule is C/C(N[C@@H](C)c1ccccc1)=C1/C(=O)C[C@@H]2[C@H]1C2(C)C. The highest BCUT2D eigenvalue weighted by Gasteiger charge is 2.65. The maximum absolute atomic E-state index is 12.2. The van der Waals surface area contributed by atoms with Gasteiger partial charge in [0, 0.05) is 23.7 Å². The van der Waals surface area contributed by atoms with Crippen LogP contribution < -0.4 is 5.32 Å². The van der Waals surface area contributed by atoms with E-state index in [2.05, 4.69) is 57.3 Å². The standard InChI is InChI=1S/C18H23NO/c1-11(13-8-6-5-7-9-13)19-12(2)16-15(20)10-14-17(16)18(14,3)4/h5-9,11,14,17,19H,10H2,1-4H3/b16-12+/t11-,14+,17+/m0/s1. The zero-order chi connectivity index (χ0) is 14.5. The van der Waals surface area contributed by atoms with Crippen LogP contribution in [0, 0.1) is 17.3 Å². The van der Waals surface area contributed by atoms with Crippen molar-refractivity contribution in [2.24, 2.45) is 17.3 Å². The van der Waals surface area contributed by atoms with Crippen LogP contribution in [0.1, 0.15) is 45.7 Å². The Balaban J connectivity index is 1.80. The molecule has 2 heteroatoms. The highest BCUT2D eigenvalue weighted by molar-refractivity contribution is 6.01. The highest BCUT2D eigenvalue weighted by Crippen LogP contribution is 2.68. The van der Waals surface area contributed by atoms with Gasteiger partial charge in [0.25, 0.3) is 0 Å². The first-order valence-corrected chi connectivity index (χ1v) is 7.48. The average molecular weight is 269 g/mol. The Kier molecular flexibility index (Phi) is 3.00. The summed E-state index contributed by atoms with van der Waals surface area (Å²) >= 11 is 0. The molecule has 2 nitrogen and oxygen atoms in total. The van der Waals surface area contributed by atoms with Crippen molar-refractivity contribution in [1.29, 1.82) is 0 Å². The molecule has 20 heavy (non-hydrogen) atoms. The van der Waals surface area contributed by atoms with Crippen LogP contribution in [0.25, 0.3) is 0 Å². The maximum atomic E-state index is 12.2. The van der Waals surface area contributed by atoms with E-state index in [0.29, 0.717) is 23.0 Å². The minimum Gasteiger partial charge on any atom is -0.382 e. The summed E-state index contributed by atoms with van der Waals surface area (Å²) in [5, 5.41) is 3.52. The summed E-state index contributed by atoms with van der Waals surface area (Å²) < 4.78 is 0. The minimum absolute atomic E-state index is 0.234. The molecule has 3 atom stereocenters. The molecule has 0 spiro atoms. The first-order valence-electron chi connectivity index (χ1n) is 7.48. The molecule has 1 N–H and O–H groups in total. The summed E-state index contributed by atoms with van der Waals surface area (Å²) in [4.78, 5) is 12.2. The van der Waals surface area contributed by atoms with E-state index in [9.17, 15) is 4.79 Å². The Morgan fingerprint density at radius 1 is 1.30 bits per heavy atom. The molecular formula is C18H23NO. The predicted octanol–water partition coefficient (Wildman–Crippen LogP) is 3.86. The van der Waals surface area contributed by atoms with Crippen LogP contribution in [0.5, 0.6) is 0 Å². The molecule has 0 saturated heterocycles. The van der Waals surface area contributed by atoms with Crippen molar-refractivity contribution in [3.8, 4) is 0 Å². The van der Waals surface area contributed by atoms with Crippen molar-refractivity contribution in [3.05, 3.63) is 47.2 Å². The van der Waals surface area contributed by atoms with Gasteiger partial charge in [-0.1, -0.05) is 44.2 Å². The Morgan fingerprint density at radius 2 is 1.95 bits per heavy atom. The van der Waals surface area contributed by atoms with Crippen molar-refractivity contribution >= 4 is 5.78 Å². The third-order valence-corrected chi connectivity index (χ3v) is 5.20. The van der Waals surface area contributed by atoms with Gasteiger partial charge in [0.15, 0.2) is 5.78 Å². The summed E-state index contributed by atoms with van der Waals surface area (Å²) in [5.74, 6) is 1.41. The van der Waals surface area contributed by atoms with Gasteiger partial charge >= 0.3 is 0 Å². The fourth-order valence-corrected chi connectivity index (χ4v) is 3.85. The number of nitrogens with one attached hydrogen (secondary N) is 1. The molecule has 1 aromatic rings. The lowest BCUT2D eigenvalue weighted by Crippen LogP contribution is -2.21. The Bertz CT molecular complexity index is 570. The fourth-order valence-electron chi connectivity index (χ4n) is 3.85. The number of carbonyl (C=O) groups is 1. The lowest BCUT2D eigenvalue weighted by atomic mass is 9.95. The molecule has 2 aliphatic rings. The first-order chi connectivity index (χ1) is 9.43. The molecule has 2 fully saturated rings. The van der Waals surface area contributed by atoms with E-state index in [1.165, 1.54) is 5.56 Å². The maximum Gasteiger partial charge on any atom is 0.161 e. The average Bonchev–Trinajstić information content (AvgIpc) is 2.78. The summed E-state index contributed by atoms with van der Waals surface area (Å²) in [6.45, 7) is 8.77. The largest absolute Gasteiger partial charge is 0.382 e. The second-order valence-electron chi connectivity index (χ2n) is 6.85. The third kappa shape index (κ3) is 1.98. The predicted molar refractivity (Wildman–Crippen MR) is 81.1 cm³/mol. The van der Waals surface area contributed by atoms with Crippen LogP contribution in [0.15, 0.2) is 41.6 Å². The number of rotatable bonds is 3. The van der Waals surface area contributed by atoms with Crippen molar-refractivity contribution in [2.45, 2.75) is 40.2 Å². The molecule has 0 aromatic heterocycles. The number of Topliss-reactive ketones (excluding diaryl/α,β-unsaturated/α-hetero) is 1. The summed E-state index contributed by atoms with van der Waals surface area (Å²) in [7, 11) is 0. The zero-order valence-electron chi connectivity index (χ0n) is 12.7. The van der Waals surface area contributed by atoms with Gasteiger partial charge < -0.3 is 5.32 Å². The Hall–Kier alpha value is -1.57. The van der Waals surface area contributed by atoms with Crippen LogP contribution in [0.4, 0.5) is 0 Å². The van der Waals surface area contributed by atoms with E-state index >= 15 is 0 Å². The van der Waals surface area contributed by atoms with E-state index in [-0.39, 0.29) is 6.04 Å². The lowest BCUT2D eigenvalue weighted by molar-refractivity contribution is -0.115. The van der Waals surface area contributed by atoms with Gasteiger partial charge in [-0.25, -0.2) is 0 Å². The molecule has 0 aliphatic heterocycles. The van der Waals surface area contributed by atoms with E-state index < -0.39 is 0 Å².